The Morgan fingerprint density at radius 1 is 0.976 bits per heavy atom. The molecule has 1 fully saturated rings. The van der Waals surface area contributed by atoms with Crippen LogP contribution in [0.2, 0.25) is 0 Å². The van der Waals surface area contributed by atoms with E-state index in [4.69, 9.17) is 0 Å². The molecule has 2 heterocycles. The van der Waals surface area contributed by atoms with E-state index in [1.165, 1.54) is 18.2 Å². The first-order valence-electron chi connectivity index (χ1n) is 12.3. The van der Waals surface area contributed by atoms with Gasteiger partial charge in [0, 0.05) is 48.7 Å². The highest BCUT2D eigenvalue weighted by Crippen LogP contribution is 2.37. The molecule has 6 nitrogen and oxygen atoms in total. The SMILES string of the molecule is Cc1ccc(C(=O)C2CN(CC#Cc3cccnc3)CCN2C(=O)c2cc(C(F)(F)F)cc(C(F)(F)F)c2)cc1O. The number of nitrogens with zero attached hydrogens (tertiary/aromatic N) is 3. The van der Waals surface area contributed by atoms with Crippen LogP contribution in [0.4, 0.5) is 26.3 Å². The number of alkyl halides is 6. The predicted octanol–water partition coefficient (Wildman–Crippen LogP) is 5.19. The zero-order valence-electron chi connectivity index (χ0n) is 21.6. The van der Waals surface area contributed by atoms with Crippen LogP contribution in [0, 0.1) is 18.8 Å². The number of aromatic nitrogens is 1. The van der Waals surface area contributed by atoms with Crippen molar-refractivity contribution in [3.05, 3.63) is 94.3 Å². The molecule has 4 rings (SSSR count). The largest absolute Gasteiger partial charge is 0.508 e. The summed E-state index contributed by atoms with van der Waals surface area (Å²) in [5, 5.41) is 10.1. The minimum Gasteiger partial charge on any atom is -0.508 e. The van der Waals surface area contributed by atoms with E-state index >= 15 is 0 Å². The van der Waals surface area contributed by atoms with E-state index in [2.05, 4.69) is 16.8 Å². The highest BCUT2D eigenvalue weighted by atomic mass is 19.4. The topological polar surface area (TPSA) is 73.7 Å². The number of rotatable bonds is 4. The summed E-state index contributed by atoms with van der Waals surface area (Å²) >= 11 is 0. The molecule has 0 radical (unpaired) electrons. The maximum atomic E-state index is 13.6. The van der Waals surface area contributed by atoms with Crippen molar-refractivity contribution in [2.24, 2.45) is 0 Å². The van der Waals surface area contributed by atoms with Crippen molar-refractivity contribution in [1.29, 1.82) is 0 Å². The summed E-state index contributed by atoms with van der Waals surface area (Å²) < 4.78 is 80.6. The van der Waals surface area contributed by atoms with Gasteiger partial charge in [-0.2, -0.15) is 26.3 Å². The first kappa shape index (κ1) is 29.6. The smallest absolute Gasteiger partial charge is 0.416 e. The van der Waals surface area contributed by atoms with Crippen LogP contribution in [0.5, 0.6) is 5.75 Å². The Morgan fingerprint density at radius 2 is 1.66 bits per heavy atom. The number of pyridine rings is 1. The number of halogens is 6. The molecule has 2 aromatic carbocycles. The second-order valence-corrected chi connectivity index (χ2v) is 9.45. The lowest BCUT2D eigenvalue weighted by molar-refractivity contribution is -0.143. The Kier molecular flexibility index (Phi) is 8.39. The van der Waals surface area contributed by atoms with Crippen molar-refractivity contribution in [3.63, 3.8) is 0 Å². The molecule has 0 saturated carbocycles. The number of phenols is 1. The Morgan fingerprint density at radius 3 is 2.24 bits per heavy atom. The number of carbonyl (C=O) groups is 2. The number of hydrogen-bond donors (Lipinski definition) is 1. The van der Waals surface area contributed by atoms with E-state index in [-0.39, 0.29) is 43.6 Å². The van der Waals surface area contributed by atoms with Crippen LogP contribution in [0.1, 0.15) is 43.0 Å². The minimum absolute atomic E-state index is 0.0271. The molecular formula is C29H23F6N3O3. The van der Waals surface area contributed by atoms with Crippen molar-refractivity contribution < 1.29 is 41.0 Å². The van der Waals surface area contributed by atoms with Crippen LogP contribution >= 0.6 is 0 Å². The summed E-state index contributed by atoms with van der Waals surface area (Å²) in [5.74, 6) is 3.88. The molecule has 1 amide bonds. The van der Waals surface area contributed by atoms with Gasteiger partial charge in [0.1, 0.15) is 11.8 Å². The molecule has 3 aromatic rings. The molecular weight excluding hydrogens is 552 g/mol. The number of ketones is 1. The van der Waals surface area contributed by atoms with E-state index in [1.54, 1.807) is 36.4 Å². The number of aryl methyl sites for hydroxylation is 1. The van der Waals surface area contributed by atoms with Crippen molar-refractivity contribution in [1.82, 2.24) is 14.8 Å². The lowest BCUT2D eigenvalue weighted by atomic mass is 9.97. The molecule has 0 spiro atoms. The fraction of sp³-hybridized carbons (Fsp3) is 0.276. The lowest BCUT2D eigenvalue weighted by Crippen LogP contribution is -2.58. The summed E-state index contributed by atoms with van der Waals surface area (Å²) in [6.07, 6.45) is -7.14. The maximum Gasteiger partial charge on any atom is 0.416 e. The number of piperazine rings is 1. The molecule has 1 aliphatic rings. The van der Waals surface area contributed by atoms with Gasteiger partial charge in [-0.05, 0) is 48.9 Å². The fourth-order valence-corrected chi connectivity index (χ4v) is 4.34. The van der Waals surface area contributed by atoms with Crippen LogP contribution in [0.25, 0.3) is 0 Å². The van der Waals surface area contributed by atoms with Gasteiger partial charge in [0.05, 0.1) is 17.7 Å². The number of aromatic hydroxyl groups is 1. The number of phenolic OH excluding ortho intramolecular Hbond substituents is 1. The van der Waals surface area contributed by atoms with E-state index in [0.717, 1.165) is 4.90 Å². The van der Waals surface area contributed by atoms with Gasteiger partial charge in [-0.1, -0.05) is 24.0 Å². The van der Waals surface area contributed by atoms with Crippen LogP contribution in [-0.2, 0) is 12.4 Å². The van der Waals surface area contributed by atoms with Gasteiger partial charge < -0.3 is 10.0 Å². The first-order valence-corrected chi connectivity index (χ1v) is 12.3. The summed E-state index contributed by atoms with van der Waals surface area (Å²) in [6.45, 7) is 1.67. The number of carbonyl (C=O) groups excluding carboxylic acids is 2. The van der Waals surface area contributed by atoms with Gasteiger partial charge in [0.2, 0.25) is 0 Å². The van der Waals surface area contributed by atoms with E-state index in [0.29, 0.717) is 23.3 Å². The lowest BCUT2D eigenvalue weighted by Gasteiger charge is -2.40. The first-order chi connectivity index (χ1) is 19.2. The molecule has 41 heavy (non-hydrogen) atoms. The average molecular weight is 576 g/mol. The van der Waals surface area contributed by atoms with Gasteiger partial charge in [-0.3, -0.25) is 19.5 Å². The van der Waals surface area contributed by atoms with Crippen LogP contribution < -0.4 is 0 Å². The molecule has 1 unspecified atom stereocenters. The number of Topliss-reactive ketones (excluding diaryl/α,β-unsaturated/α-hetero) is 1. The molecule has 0 bridgehead atoms. The van der Waals surface area contributed by atoms with E-state index < -0.39 is 46.8 Å². The number of amides is 1. The fourth-order valence-electron chi connectivity index (χ4n) is 4.34. The summed E-state index contributed by atoms with van der Waals surface area (Å²) in [5.41, 5.74) is -2.96. The van der Waals surface area contributed by atoms with E-state index in [1.807, 2.05) is 0 Å². The summed E-state index contributed by atoms with van der Waals surface area (Å²) in [4.78, 5) is 33.7. The van der Waals surface area contributed by atoms with Crippen molar-refractivity contribution in [2.45, 2.75) is 25.3 Å². The maximum absolute atomic E-state index is 13.6. The second kappa shape index (κ2) is 11.6. The highest BCUT2D eigenvalue weighted by Gasteiger charge is 2.40. The van der Waals surface area contributed by atoms with Gasteiger partial charge in [-0.15, -0.1) is 0 Å². The zero-order chi connectivity index (χ0) is 29.9. The Bertz CT molecular complexity index is 1480. The standard InChI is InChI=1S/C29H23F6N3O3/c1-18-6-7-20(14-25(18)39)26(40)24-17-37(9-3-5-19-4-2-8-36-16-19)10-11-38(24)27(41)21-12-22(28(30,31)32)15-23(13-21)29(33,34)35/h2,4,6-8,12-16,24,39H,9-11,17H2,1H3. The minimum atomic E-state index is -5.14. The van der Waals surface area contributed by atoms with Gasteiger partial charge in [0.15, 0.2) is 5.78 Å². The monoisotopic (exact) mass is 575 g/mol. The predicted molar refractivity (Wildman–Crippen MR) is 136 cm³/mol. The molecule has 1 N–H and O–H groups in total. The third-order valence-electron chi connectivity index (χ3n) is 6.55. The van der Waals surface area contributed by atoms with Crippen molar-refractivity contribution >= 4 is 11.7 Å². The van der Waals surface area contributed by atoms with Crippen LogP contribution in [0.3, 0.4) is 0 Å². The van der Waals surface area contributed by atoms with Gasteiger partial charge >= 0.3 is 12.4 Å². The second-order valence-electron chi connectivity index (χ2n) is 9.45. The van der Waals surface area contributed by atoms with Crippen molar-refractivity contribution in [3.8, 4) is 17.6 Å². The van der Waals surface area contributed by atoms with Gasteiger partial charge in [-0.25, -0.2) is 0 Å². The molecule has 1 saturated heterocycles. The summed E-state index contributed by atoms with van der Waals surface area (Å²) in [7, 11) is 0. The van der Waals surface area contributed by atoms with Crippen LogP contribution in [-0.4, -0.2) is 63.8 Å². The summed E-state index contributed by atoms with van der Waals surface area (Å²) in [6, 6.07) is 6.92. The Balaban J connectivity index is 1.68. The normalized spacial score (nSPS) is 16.2. The molecule has 1 aromatic heterocycles. The third kappa shape index (κ3) is 7.05. The molecule has 12 heteroatoms. The molecule has 214 valence electrons. The van der Waals surface area contributed by atoms with Crippen molar-refractivity contribution in [2.75, 3.05) is 26.2 Å². The quantitative estimate of drug-likeness (QED) is 0.263. The zero-order valence-corrected chi connectivity index (χ0v) is 21.6. The molecule has 1 atom stereocenters. The Hall–Kier alpha value is -4.37. The average Bonchev–Trinajstić information content (AvgIpc) is 2.93. The third-order valence-corrected chi connectivity index (χ3v) is 6.55. The Labute approximate surface area is 231 Å². The van der Waals surface area contributed by atoms with Gasteiger partial charge in [0.25, 0.3) is 5.91 Å². The number of hydrogen-bond acceptors (Lipinski definition) is 5. The highest BCUT2D eigenvalue weighted by molar-refractivity contribution is 6.05. The molecule has 0 aliphatic carbocycles. The molecule has 1 aliphatic heterocycles. The van der Waals surface area contributed by atoms with E-state index in [9.17, 15) is 41.0 Å². The number of benzene rings is 2. The van der Waals surface area contributed by atoms with Crippen LogP contribution in [0.15, 0.2) is 60.9 Å².